The Kier molecular flexibility index (Phi) is 4.90. The maximum absolute atomic E-state index is 11.7. The Bertz CT molecular complexity index is 884. The Morgan fingerprint density at radius 2 is 2.11 bits per heavy atom. The SMILES string of the molecule is CCC(=O)Nc1ccc2c(c1)C(c1cncc(N3CCC(N)CC3)n1)=CC2. The third-order valence-corrected chi connectivity index (χ3v) is 5.29. The lowest BCUT2D eigenvalue weighted by molar-refractivity contribution is -0.115. The Labute approximate surface area is 159 Å². The molecule has 6 nitrogen and oxygen atoms in total. The summed E-state index contributed by atoms with van der Waals surface area (Å²) < 4.78 is 0. The number of nitrogens with zero attached hydrogens (tertiary/aromatic N) is 3. The van der Waals surface area contributed by atoms with Gasteiger partial charge in [0.15, 0.2) is 0 Å². The van der Waals surface area contributed by atoms with Gasteiger partial charge >= 0.3 is 0 Å². The molecule has 6 heteroatoms. The molecule has 0 bridgehead atoms. The van der Waals surface area contributed by atoms with Crippen molar-refractivity contribution in [3.05, 3.63) is 53.5 Å². The number of allylic oxidation sites excluding steroid dienone is 1. The molecule has 2 aromatic rings. The molecule has 0 saturated carbocycles. The van der Waals surface area contributed by atoms with Gasteiger partial charge < -0.3 is 16.0 Å². The van der Waals surface area contributed by atoms with E-state index in [1.54, 1.807) is 0 Å². The second-order valence-corrected chi connectivity index (χ2v) is 7.18. The molecule has 0 unspecified atom stereocenters. The van der Waals surface area contributed by atoms with Crippen LogP contribution in [-0.2, 0) is 11.2 Å². The van der Waals surface area contributed by atoms with Gasteiger partial charge in [0.1, 0.15) is 5.82 Å². The molecule has 2 heterocycles. The number of amides is 1. The van der Waals surface area contributed by atoms with E-state index in [0.29, 0.717) is 12.5 Å². The van der Waals surface area contributed by atoms with Gasteiger partial charge in [0, 0.05) is 36.8 Å². The highest BCUT2D eigenvalue weighted by Crippen LogP contribution is 2.34. The molecule has 1 aromatic carbocycles. The van der Waals surface area contributed by atoms with E-state index in [4.69, 9.17) is 10.7 Å². The van der Waals surface area contributed by atoms with Gasteiger partial charge in [-0.2, -0.15) is 0 Å². The van der Waals surface area contributed by atoms with Gasteiger partial charge in [0.05, 0.1) is 18.1 Å². The predicted molar refractivity (Wildman–Crippen MR) is 108 cm³/mol. The highest BCUT2D eigenvalue weighted by atomic mass is 16.1. The van der Waals surface area contributed by atoms with Crippen molar-refractivity contribution in [2.45, 2.75) is 38.6 Å². The summed E-state index contributed by atoms with van der Waals surface area (Å²) in [5.41, 5.74) is 11.2. The van der Waals surface area contributed by atoms with E-state index in [2.05, 4.69) is 27.3 Å². The van der Waals surface area contributed by atoms with Crippen molar-refractivity contribution < 1.29 is 4.79 Å². The summed E-state index contributed by atoms with van der Waals surface area (Å²) in [5, 5.41) is 2.94. The third-order valence-electron chi connectivity index (χ3n) is 5.29. The molecule has 1 aromatic heterocycles. The van der Waals surface area contributed by atoms with E-state index in [1.165, 1.54) is 5.56 Å². The van der Waals surface area contributed by atoms with E-state index in [-0.39, 0.29) is 5.91 Å². The number of hydrogen-bond donors (Lipinski definition) is 2. The summed E-state index contributed by atoms with van der Waals surface area (Å²) in [4.78, 5) is 23.3. The van der Waals surface area contributed by atoms with Crippen molar-refractivity contribution in [3.63, 3.8) is 0 Å². The van der Waals surface area contributed by atoms with Gasteiger partial charge in [-0.05, 0) is 42.5 Å². The summed E-state index contributed by atoms with van der Waals surface area (Å²) in [7, 11) is 0. The number of benzene rings is 1. The lowest BCUT2D eigenvalue weighted by atomic mass is 10.0. The average molecular weight is 363 g/mol. The summed E-state index contributed by atoms with van der Waals surface area (Å²) in [5.74, 6) is 0.924. The molecular formula is C21H25N5O. The summed E-state index contributed by atoms with van der Waals surface area (Å²) in [6.07, 6.45) is 9.14. The highest BCUT2D eigenvalue weighted by molar-refractivity contribution is 5.92. The van der Waals surface area contributed by atoms with E-state index in [1.807, 2.05) is 31.5 Å². The number of hydrogen-bond acceptors (Lipinski definition) is 5. The molecule has 27 heavy (non-hydrogen) atoms. The number of aromatic nitrogens is 2. The first-order valence-corrected chi connectivity index (χ1v) is 9.60. The minimum absolute atomic E-state index is 0.0172. The van der Waals surface area contributed by atoms with Crippen LogP contribution >= 0.6 is 0 Å². The Balaban J connectivity index is 1.60. The van der Waals surface area contributed by atoms with Gasteiger partial charge in [-0.15, -0.1) is 0 Å². The van der Waals surface area contributed by atoms with Crippen LogP contribution in [0.4, 0.5) is 11.5 Å². The molecule has 4 rings (SSSR count). The normalized spacial score (nSPS) is 16.8. The average Bonchev–Trinajstić information content (AvgIpc) is 3.12. The fourth-order valence-electron chi connectivity index (χ4n) is 3.66. The van der Waals surface area contributed by atoms with E-state index < -0.39 is 0 Å². The van der Waals surface area contributed by atoms with Crippen LogP contribution in [0.2, 0.25) is 0 Å². The van der Waals surface area contributed by atoms with E-state index >= 15 is 0 Å². The van der Waals surface area contributed by atoms with Crippen molar-refractivity contribution >= 4 is 23.0 Å². The summed E-state index contributed by atoms with van der Waals surface area (Å²) in [6.45, 7) is 3.69. The first-order chi connectivity index (χ1) is 13.1. The lowest BCUT2D eigenvalue weighted by Crippen LogP contribution is -2.40. The van der Waals surface area contributed by atoms with Crippen LogP contribution in [-0.4, -0.2) is 35.0 Å². The maximum atomic E-state index is 11.7. The number of carbonyl (C=O) groups excluding carboxylic acids is 1. The van der Waals surface area contributed by atoms with Gasteiger partial charge in [-0.1, -0.05) is 19.1 Å². The molecule has 1 fully saturated rings. The minimum atomic E-state index is 0.0172. The van der Waals surface area contributed by atoms with Gasteiger partial charge in [-0.25, -0.2) is 4.98 Å². The fourth-order valence-corrected chi connectivity index (χ4v) is 3.66. The van der Waals surface area contributed by atoms with Crippen LogP contribution in [0.1, 0.15) is 43.0 Å². The molecule has 3 N–H and O–H groups in total. The van der Waals surface area contributed by atoms with Crippen LogP contribution < -0.4 is 16.0 Å². The molecule has 140 valence electrons. The Morgan fingerprint density at radius 3 is 2.89 bits per heavy atom. The smallest absolute Gasteiger partial charge is 0.224 e. The molecule has 0 spiro atoms. The Hall–Kier alpha value is -2.73. The number of nitrogens with one attached hydrogen (secondary N) is 1. The van der Waals surface area contributed by atoms with Crippen LogP contribution in [0.5, 0.6) is 0 Å². The van der Waals surface area contributed by atoms with E-state index in [0.717, 1.165) is 60.7 Å². The quantitative estimate of drug-likeness (QED) is 0.873. The minimum Gasteiger partial charge on any atom is -0.355 e. The number of carbonyl (C=O) groups is 1. The van der Waals surface area contributed by atoms with Gasteiger partial charge in [0.25, 0.3) is 0 Å². The second-order valence-electron chi connectivity index (χ2n) is 7.18. The zero-order valence-corrected chi connectivity index (χ0v) is 15.6. The van der Waals surface area contributed by atoms with Crippen LogP contribution in [0.25, 0.3) is 5.57 Å². The van der Waals surface area contributed by atoms with E-state index in [9.17, 15) is 4.79 Å². The number of anilines is 2. The third kappa shape index (κ3) is 3.71. The number of rotatable bonds is 4. The van der Waals surface area contributed by atoms with Gasteiger partial charge in [0.2, 0.25) is 5.91 Å². The van der Waals surface area contributed by atoms with Crippen LogP contribution in [0, 0.1) is 0 Å². The Morgan fingerprint density at radius 1 is 1.30 bits per heavy atom. The maximum Gasteiger partial charge on any atom is 0.224 e. The lowest BCUT2D eigenvalue weighted by Gasteiger charge is -2.31. The number of nitrogens with two attached hydrogens (primary N) is 1. The zero-order chi connectivity index (χ0) is 18.8. The molecule has 0 atom stereocenters. The molecule has 1 amide bonds. The summed E-state index contributed by atoms with van der Waals surface area (Å²) >= 11 is 0. The first-order valence-electron chi connectivity index (χ1n) is 9.60. The number of fused-ring (bicyclic) bond motifs is 1. The van der Waals surface area contributed by atoms with Crippen molar-refractivity contribution in [3.8, 4) is 0 Å². The van der Waals surface area contributed by atoms with Crippen molar-refractivity contribution in [2.24, 2.45) is 5.73 Å². The molecule has 1 saturated heterocycles. The van der Waals surface area contributed by atoms with Crippen molar-refractivity contribution in [2.75, 3.05) is 23.3 Å². The molecule has 2 aliphatic rings. The fraction of sp³-hybridized carbons (Fsp3) is 0.381. The largest absolute Gasteiger partial charge is 0.355 e. The first kappa shape index (κ1) is 17.7. The zero-order valence-electron chi connectivity index (χ0n) is 15.6. The monoisotopic (exact) mass is 363 g/mol. The molecular weight excluding hydrogens is 338 g/mol. The highest BCUT2D eigenvalue weighted by Gasteiger charge is 2.21. The van der Waals surface area contributed by atoms with Crippen molar-refractivity contribution in [1.82, 2.24) is 9.97 Å². The topological polar surface area (TPSA) is 84.1 Å². The molecule has 0 radical (unpaired) electrons. The van der Waals surface area contributed by atoms with Crippen LogP contribution in [0.3, 0.4) is 0 Å². The second kappa shape index (κ2) is 7.48. The van der Waals surface area contributed by atoms with Crippen molar-refractivity contribution in [1.29, 1.82) is 0 Å². The molecule has 1 aliphatic carbocycles. The predicted octanol–water partition coefficient (Wildman–Crippen LogP) is 2.74. The molecule has 1 aliphatic heterocycles. The van der Waals surface area contributed by atoms with Crippen LogP contribution in [0.15, 0.2) is 36.7 Å². The summed E-state index contributed by atoms with van der Waals surface area (Å²) in [6, 6.07) is 6.37. The number of piperidine rings is 1. The standard InChI is InChI=1S/C21H25N5O/c1-2-21(27)24-16-5-3-14-4-6-17(18(14)11-16)19-12-23-13-20(25-19)26-9-7-15(22)8-10-26/h3,5-6,11-13,15H,2,4,7-10,22H2,1H3,(H,24,27). The van der Waals surface area contributed by atoms with Gasteiger partial charge in [-0.3, -0.25) is 9.78 Å².